The lowest BCUT2D eigenvalue weighted by Crippen LogP contribution is -2.23. The maximum absolute atomic E-state index is 12.6. The molecule has 27 heavy (non-hydrogen) atoms. The summed E-state index contributed by atoms with van der Waals surface area (Å²) in [5.74, 6) is 0.234. The van der Waals surface area contributed by atoms with E-state index in [-0.39, 0.29) is 5.56 Å². The fourth-order valence-corrected chi connectivity index (χ4v) is 3.70. The lowest BCUT2D eigenvalue weighted by atomic mass is 10.2. The van der Waals surface area contributed by atoms with Gasteiger partial charge in [-0.05, 0) is 35.9 Å². The molecule has 0 radical (unpaired) electrons. The Morgan fingerprint density at radius 2 is 2.04 bits per heavy atom. The molecule has 0 unspecified atom stereocenters. The number of ether oxygens (including phenoxy) is 1. The third-order valence-corrected chi connectivity index (χ3v) is 4.90. The van der Waals surface area contributed by atoms with Crippen molar-refractivity contribution in [2.75, 3.05) is 0 Å². The van der Waals surface area contributed by atoms with E-state index in [4.69, 9.17) is 16.3 Å². The summed E-state index contributed by atoms with van der Waals surface area (Å²) >= 11 is 7.22. The second kappa shape index (κ2) is 6.94. The minimum Gasteiger partial charge on any atom is -0.426 e. The van der Waals surface area contributed by atoms with Crippen LogP contribution in [-0.4, -0.2) is 20.6 Å². The highest BCUT2D eigenvalue weighted by Gasteiger charge is 2.16. The van der Waals surface area contributed by atoms with Gasteiger partial charge in [0.05, 0.1) is 10.1 Å². The predicted molar refractivity (Wildman–Crippen MR) is 104 cm³/mol. The minimum atomic E-state index is -0.439. The van der Waals surface area contributed by atoms with Gasteiger partial charge in [-0.2, -0.15) is 9.50 Å². The largest absolute Gasteiger partial charge is 0.426 e. The molecule has 0 aliphatic carbocycles. The van der Waals surface area contributed by atoms with Crippen LogP contribution in [0.4, 0.5) is 0 Å². The number of thiazole rings is 1. The molecule has 134 valence electrons. The molecule has 0 saturated heterocycles. The van der Waals surface area contributed by atoms with Crippen LogP contribution in [0.3, 0.4) is 0 Å². The molecule has 4 rings (SSSR count). The third-order valence-electron chi connectivity index (χ3n) is 3.71. The maximum Gasteiger partial charge on any atom is 0.308 e. The number of halogens is 1. The molecule has 0 amide bonds. The van der Waals surface area contributed by atoms with Crippen molar-refractivity contribution in [1.82, 2.24) is 14.6 Å². The van der Waals surface area contributed by atoms with E-state index in [1.807, 2.05) is 12.1 Å². The molecule has 8 heteroatoms. The van der Waals surface area contributed by atoms with Crippen LogP contribution >= 0.6 is 22.9 Å². The van der Waals surface area contributed by atoms with Crippen LogP contribution in [0.15, 0.2) is 53.3 Å². The summed E-state index contributed by atoms with van der Waals surface area (Å²) in [6, 6.07) is 14.2. The summed E-state index contributed by atoms with van der Waals surface area (Å²) in [5.41, 5.74) is 1.10. The van der Waals surface area contributed by atoms with Gasteiger partial charge in [-0.3, -0.25) is 9.59 Å². The zero-order valence-electron chi connectivity index (χ0n) is 14.0. The number of carbonyl (C=O) groups excluding carboxylic acids is 1. The van der Waals surface area contributed by atoms with Crippen molar-refractivity contribution < 1.29 is 9.53 Å². The van der Waals surface area contributed by atoms with Crippen LogP contribution < -0.4 is 14.8 Å². The summed E-state index contributed by atoms with van der Waals surface area (Å²) in [4.78, 5) is 28.8. The average molecular weight is 398 g/mol. The van der Waals surface area contributed by atoms with Gasteiger partial charge >= 0.3 is 5.97 Å². The molecule has 0 fully saturated rings. The standard InChI is InChI=1S/C19H12ClN3O3S/c1-11(24)26-15-8-3-2-7-14(15)17-21-19-23(22-17)18(25)16(27-19)10-12-5-4-6-13(20)9-12/h2-10H,1H3/b16-10-. The highest BCUT2D eigenvalue weighted by molar-refractivity contribution is 7.15. The Kier molecular flexibility index (Phi) is 4.47. The molecule has 0 saturated carbocycles. The lowest BCUT2D eigenvalue weighted by Gasteiger charge is -2.04. The van der Waals surface area contributed by atoms with E-state index >= 15 is 0 Å². The molecule has 2 aromatic heterocycles. The Balaban J connectivity index is 1.80. The maximum atomic E-state index is 12.6. The molecule has 0 atom stereocenters. The number of hydrogen-bond acceptors (Lipinski definition) is 6. The van der Waals surface area contributed by atoms with Gasteiger partial charge in [0, 0.05) is 11.9 Å². The highest BCUT2D eigenvalue weighted by atomic mass is 35.5. The van der Waals surface area contributed by atoms with Gasteiger partial charge in [0.25, 0.3) is 5.56 Å². The summed E-state index contributed by atoms with van der Waals surface area (Å²) < 4.78 is 6.95. The van der Waals surface area contributed by atoms with Gasteiger partial charge in [-0.1, -0.05) is 47.2 Å². The van der Waals surface area contributed by atoms with E-state index < -0.39 is 5.97 Å². The van der Waals surface area contributed by atoms with Gasteiger partial charge in [0.1, 0.15) is 5.75 Å². The van der Waals surface area contributed by atoms with E-state index in [0.717, 1.165) is 5.56 Å². The molecule has 0 aliphatic heterocycles. The average Bonchev–Trinajstić information content (AvgIpc) is 3.15. The number of fused-ring (bicyclic) bond motifs is 1. The number of hydrogen-bond donors (Lipinski definition) is 0. The van der Waals surface area contributed by atoms with Crippen LogP contribution in [0.1, 0.15) is 12.5 Å². The molecule has 0 spiro atoms. The Morgan fingerprint density at radius 3 is 2.78 bits per heavy atom. The molecule has 6 nitrogen and oxygen atoms in total. The summed E-state index contributed by atoms with van der Waals surface area (Å²) in [7, 11) is 0. The second-order valence-corrected chi connectivity index (χ2v) is 7.14. The second-order valence-electron chi connectivity index (χ2n) is 5.69. The first-order chi connectivity index (χ1) is 13.0. The first-order valence-corrected chi connectivity index (χ1v) is 9.15. The molecule has 4 aromatic rings. The van der Waals surface area contributed by atoms with Crippen LogP contribution in [0.2, 0.25) is 5.02 Å². The third kappa shape index (κ3) is 3.47. The van der Waals surface area contributed by atoms with Crippen molar-refractivity contribution in [3.05, 3.63) is 74.0 Å². The van der Waals surface area contributed by atoms with Gasteiger partial charge < -0.3 is 4.74 Å². The van der Waals surface area contributed by atoms with Crippen LogP contribution in [0.25, 0.3) is 22.4 Å². The zero-order chi connectivity index (χ0) is 19.0. The van der Waals surface area contributed by atoms with Crippen molar-refractivity contribution in [3.63, 3.8) is 0 Å². The quantitative estimate of drug-likeness (QED) is 0.392. The van der Waals surface area contributed by atoms with Gasteiger partial charge in [-0.25, -0.2) is 0 Å². The topological polar surface area (TPSA) is 73.6 Å². The summed E-state index contributed by atoms with van der Waals surface area (Å²) in [5, 5.41) is 4.89. The number of para-hydroxylation sites is 1. The predicted octanol–water partition coefficient (Wildman–Crippen LogP) is 2.94. The van der Waals surface area contributed by atoms with Gasteiger partial charge in [0.15, 0.2) is 5.82 Å². The Labute approximate surface area is 162 Å². The van der Waals surface area contributed by atoms with Crippen molar-refractivity contribution in [2.24, 2.45) is 0 Å². The molecule has 2 heterocycles. The fourth-order valence-electron chi connectivity index (χ4n) is 2.59. The van der Waals surface area contributed by atoms with E-state index in [1.165, 1.54) is 22.8 Å². The molecule has 2 aromatic carbocycles. The number of benzene rings is 2. The molecule has 0 aliphatic rings. The van der Waals surface area contributed by atoms with Crippen molar-refractivity contribution in [1.29, 1.82) is 0 Å². The number of carbonyl (C=O) groups is 1. The summed E-state index contributed by atoms with van der Waals surface area (Å²) in [6.07, 6.45) is 1.75. The molecule has 0 bridgehead atoms. The Morgan fingerprint density at radius 1 is 1.22 bits per heavy atom. The van der Waals surface area contributed by atoms with Crippen molar-refractivity contribution in [2.45, 2.75) is 6.92 Å². The summed E-state index contributed by atoms with van der Waals surface area (Å²) in [6.45, 7) is 1.32. The van der Waals surface area contributed by atoms with Gasteiger partial charge in [0.2, 0.25) is 4.96 Å². The number of aromatic nitrogens is 3. The van der Waals surface area contributed by atoms with Gasteiger partial charge in [-0.15, -0.1) is 5.10 Å². The monoisotopic (exact) mass is 397 g/mol. The van der Waals surface area contributed by atoms with Crippen LogP contribution in [0.5, 0.6) is 5.75 Å². The van der Waals surface area contributed by atoms with E-state index in [1.54, 1.807) is 42.5 Å². The smallest absolute Gasteiger partial charge is 0.308 e. The van der Waals surface area contributed by atoms with Crippen LogP contribution in [-0.2, 0) is 4.79 Å². The fraction of sp³-hybridized carbons (Fsp3) is 0.0526. The Bertz CT molecular complexity index is 1280. The minimum absolute atomic E-state index is 0.265. The number of rotatable bonds is 3. The SMILES string of the molecule is CC(=O)Oc1ccccc1-c1nc2s/c(=C\c3cccc(Cl)c3)c(=O)n2n1. The highest BCUT2D eigenvalue weighted by Crippen LogP contribution is 2.27. The lowest BCUT2D eigenvalue weighted by molar-refractivity contribution is -0.131. The number of esters is 1. The molecular formula is C19H12ClN3O3S. The normalized spacial score (nSPS) is 11.9. The van der Waals surface area contributed by atoms with E-state index in [9.17, 15) is 9.59 Å². The zero-order valence-corrected chi connectivity index (χ0v) is 15.6. The first-order valence-electron chi connectivity index (χ1n) is 7.96. The number of nitrogens with zero attached hydrogens (tertiary/aromatic N) is 3. The van der Waals surface area contributed by atoms with Crippen molar-refractivity contribution in [3.8, 4) is 17.1 Å². The van der Waals surface area contributed by atoms with E-state index in [2.05, 4.69) is 10.1 Å². The van der Waals surface area contributed by atoms with Crippen molar-refractivity contribution >= 4 is 39.9 Å². The van der Waals surface area contributed by atoms with Crippen LogP contribution in [0, 0.1) is 0 Å². The molecular weight excluding hydrogens is 386 g/mol. The Hall–Kier alpha value is -3.03. The molecule has 0 N–H and O–H groups in total. The first kappa shape index (κ1) is 17.4. The van der Waals surface area contributed by atoms with E-state index in [0.29, 0.717) is 31.7 Å².